The summed E-state index contributed by atoms with van der Waals surface area (Å²) in [5.74, 6) is 3.12. The minimum absolute atomic E-state index is 0.193. The maximum atomic E-state index is 2.66. The molecule has 0 heteroatoms. The van der Waals surface area contributed by atoms with E-state index in [1.54, 1.807) is 5.57 Å². The number of allylic oxidation sites excluding steroid dienone is 6. The van der Waals surface area contributed by atoms with Gasteiger partial charge in [-0.1, -0.05) is 125 Å². The highest BCUT2D eigenvalue weighted by Crippen LogP contribution is 2.52. The SMILES string of the molecule is CCCCC[C@H]1CC[C@H](C2(C3=CCC(CC)CC3)C=CC(c3ccccc3)C=C2)CC1. The molecule has 3 aliphatic rings. The Bertz CT molecular complexity index is 742. The zero-order valence-corrected chi connectivity index (χ0v) is 20.1. The van der Waals surface area contributed by atoms with Gasteiger partial charge < -0.3 is 0 Å². The number of unbranched alkanes of at least 4 members (excludes halogenated alkanes) is 2. The molecule has 0 N–H and O–H groups in total. The molecule has 0 aliphatic heterocycles. The van der Waals surface area contributed by atoms with Gasteiger partial charge in [-0.05, 0) is 55.4 Å². The van der Waals surface area contributed by atoms with Crippen molar-refractivity contribution in [2.45, 2.75) is 96.8 Å². The Morgan fingerprint density at radius 2 is 1.58 bits per heavy atom. The van der Waals surface area contributed by atoms with E-state index in [0.717, 1.165) is 17.8 Å². The fraction of sp³-hybridized carbons (Fsp3) is 0.613. The molecule has 1 unspecified atom stereocenters. The fourth-order valence-corrected chi connectivity index (χ4v) is 6.56. The average Bonchev–Trinajstić information content (AvgIpc) is 2.85. The summed E-state index contributed by atoms with van der Waals surface area (Å²) in [6, 6.07) is 11.0. The Morgan fingerprint density at radius 1 is 0.839 bits per heavy atom. The lowest BCUT2D eigenvalue weighted by atomic mass is 9.59. The summed E-state index contributed by atoms with van der Waals surface area (Å²) in [6.07, 6.45) is 29.7. The first-order chi connectivity index (χ1) is 15.2. The van der Waals surface area contributed by atoms with Gasteiger partial charge in [0.2, 0.25) is 0 Å². The molecule has 0 radical (unpaired) electrons. The summed E-state index contributed by atoms with van der Waals surface area (Å²) in [5, 5.41) is 0. The van der Waals surface area contributed by atoms with Crippen molar-refractivity contribution in [1.82, 2.24) is 0 Å². The number of rotatable bonds is 8. The van der Waals surface area contributed by atoms with Crippen molar-refractivity contribution in [2.24, 2.45) is 23.2 Å². The standard InChI is InChI=1S/C31H44/c1-3-5-7-10-26-15-19-30(20-16-26)31(29-17-13-25(4-2)14-18-29)23-21-28(22-24-31)27-11-8-6-9-12-27/h6,8-9,11-12,17,21-26,28,30H,3-5,7,10,13-16,18-20H2,1-2H3/t25?,26-,28?,30-,31?. The van der Waals surface area contributed by atoms with Crippen LogP contribution >= 0.6 is 0 Å². The molecule has 0 amide bonds. The van der Waals surface area contributed by atoms with Crippen molar-refractivity contribution >= 4 is 0 Å². The molecule has 1 fully saturated rings. The van der Waals surface area contributed by atoms with Gasteiger partial charge in [0.05, 0.1) is 0 Å². The highest BCUT2D eigenvalue weighted by molar-refractivity contribution is 5.41. The molecule has 4 rings (SSSR count). The molecule has 1 atom stereocenters. The van der Waals surface area contributed by atoms with Crippen LogP contribution in [0.3, 0.4) is 0 Å². The van der Waals surface area contributed by atoms with E-state index in [9.17, 15) is 0 Å². The van der Waals surface area contributed by atoms with Gasteiger partial charge >= 0.3 is 0 Å². The third-order valence-corrected chi connectivity index (χ3v) is 8.73. The quantitative estimate of drug-likeness (QED) is 0.292. The minimum Gasteiger partial charge on any atom is -0.0839 e. The van der Waals surface area contributed by atoms with E-state index < -0.39 is 0 Å². The normalized spacial score (nSPS) is 33.3. The second-order valence-electron chi connectivity index (χ2n) is 10.6. The van der Waals surface area contributed by atoms with Crippen LogP contribution in [-0.4, -0.2) is 0 Å². The van der Waals surface area contributed by atoms with Crippen LogP contribution in [0.4, 0.5) is 0 Å². The van der Waals surface area contributed by atoms with Gasteiger partial charge in [0.1, 0.15) is 0 Å². The molecule has 0 bridgehead atoms. The lowest BCUT2D eigenvalue weighted by Crippen LogP contribution is -2.34. The molecule has 1 aromatic rings. The Hall–Kier alpha value is -1.56. The van der Waals surface area contributed by atoms with Crippen molar-refractivity contribution < 1.29 is 0 Å². The van der Waals surface area contributed by atoms with Crippen molar-refractivity contribution in [2.75, 3.05) is 0 Å². The molecule has 0 saturated heterocycles. The van der Waals surface area contributed by atoms with Crippen LogP contribution in [0.2, 0.25) is 0 Å². The van der Waals surface area contributed by atoms with Gasteiger partial charge in [0.25, 0.3) is 0 Å². The molecule has 3 aliphatic carbocycles. The van der Waals surface area contributed by atoms with Crippen LogP contribution < -0.4 is 0 Å². The predicted molar refractivity (Wildman–Crippen MR) is 135 cm³/mol. The highest BCUT2D eigenvalue weighted by atomic mass is 14.4. The van der Waals surface area contributed by atoms with Crippen LogP contribution in [0.5, 0.6) is 0 Å². The summed E-state index contributed by atoms with van der Waals surface area (Å²) in [6.45, 7) is 4.69. The summed E-state index contributed by atoms with van der Waals surface area (Å²) in [5.41, 5.74) is 3.36. The van der Waals surface area contributed by atoms with E-state index in [-0.39, 0.29) is 5.41 Å². The molecule has 1 aromatic carbocycles. The number of hydrogen-bond acceptors (Lipinski definition) is 0. The first-order valence-corrected chi connectivity index (χ1v) is 13.4. The van der Waals surface area contributed by atoms with Crippen LogP contribution in [-0.2, 0) is 0 Å². The molecule has 31 heavy (non-hydrogen) atoms. The molecule has 0 nitrogen and oxygen atoms in total. The van der Waals surface area contributed by atoms with Crippen LogP contribution in [0.1, 0.15) is 102 Å². The van der Waals surface area contributed by atoms with Gasteiger partial charge in [-0.3, -0.25) is 0 Å². The van der Waals surface area contributed by atoms with Crippen LogP contribution in [0, 0.1) is 23.2 Å². The third kappa shape index (κ3) is 5.27. The van der Waals surface area contributed by atoms with Gasteiger partial charge in [-0.2, -0.15) is 0 Å². The van der Waals surface area contributed by atoms with Crippen molar-refractivity contribution in [3.8, 4) is 0 Å². The Balaban J connectivity index is 1.51. The van der Waals surface area contributed by atoms with Crippen molar-refractivity contribution in [1.29, 1.82) is 0 Å². The first kappa shape index (κ1) is 22.6. The first-order valence-electron chi connectivity index (χ1n) is 13.4. The topological polar surface area (TPSA) is 0 Å². The Morgan fingerprint density at radius 3 is 2.19 bits per heavy atom. The lowest BCUT2D eigenvalue weighted by molar-refractivity contribution is 0.190. The van der Waals surface area contributed by atoms with E-state index in [1.807, 2.05) is 0 Å². The second kappa shape index (κ2) is 10.8. The van der Waals surface area contributed by atoms with Crippen molar-refractivity contribution in [3.05, 3.63) is 71.8 Å². The molecule has 1 saturated carbocycles. The smallest absolute Gasteiger partial charge is 0.0300 e. The minimum atomic E-state index is 0.193. The third-order valence-electron chi connectivity index (χ3n) is 8.73. The zero-order valence-electron chi connectivity index (χ0n) is 20.1. The summed E-state index contributed by atoms with van der Waals surface area (Å²) in [7, 11) is 0. The second-order valence-corrected chi connectivity index (χ2v) is 10.6. The largest absolute Gasteiger partial charge is 0.0839 e. The van der Waals surface area contributed by atoms with E-state index in [1.165, 1.54) is 82.6 Å². The maximum Gasteiger partial charge on any atom is 0.0300 e. The van der Waals surface area contributed by atoms with E-state index in [0.29, 0.717) is 5.92 Å². The van der Waals surface area contributed by atoms with E-state index >= 15 is 0 Å². The molecule has 0 spiro atoms. The van der Waals surface area contributed by atoms with Crippen LogP contribution in [0.25, 0.3) is 0 Å². The number of benzene rings is 1. The average molecular weight is 417 g/mol. The van der Waals surface area contributed by atoms with Gasteiger partial charge in [-0.15, -0.1) is 0 Å². The molecular weight excluding hydrogens is 372 g/mol. The Labute approximate surface area is 191 Å². The Kier molecular flexibility index (Phi) is 7.91. The van der Waals surface area contributed by atoms with E-state index in [4.69, 9.17) is 0 Å². The highest BCUT2D eigenvalue weighted by Gasteiger charge is 2.41. The van der Waals surface area contributed by atoms with Gasteiger partial charge in [0.15, 0.2) is 0 Å². The predicted octanol–water partition coefficient (Wildman–Crippen LogP) is 9.41. The van der Waals surface area contributed by atoms with Crippen LogP contribution in [0.15, 0.2) is 66.3 Å². The zero-order chi connectivity index (χ0) is 21.5. The maximum absolute atomic E-state index is 2.66. The monoisotopic (exact) mass is 416 g/mol. The number of hydrogen-bond donors (Lipinski definition) is 0. The molecule has 0 aromatic heterocycles. The summed E-state index contributed by atoms with van der Waals surface area (Å²) < 4.78 is 0. The fourth-order valence-electron chi connectivity index (χ4n) is 6.56. The van der Waals surface area contributed by atoms with Crippen molar-refractivity contribution in [3.63, 3.8) is 0 Å². The lowest BCUT2D eigenvalue weighted by Gasteiger charge is -2.45. The summed E-state index contributed by atoms with van der Waals surface area (Å²) in [4.78, 5) is 0. The van der Waals surface area contributed by atoms with Gasteiger partial charge in [0, 0.05) is 11.3 Å². The van der Waals surface area contributed by atoms with Gasteiger partial charge in [-0.25, -0.2) is 0 Å². The molecule has 0 heterocycles. The van der Waals surface area contributed by atoms with E-state index in [2.05, 4.69) is 74.6 Å². The molecular formula is C31H44. The summed E-state index contributed by atoms with van der Waals surface area (Å²) >= 11 is 0. The molecule has 168 valence electrons.